The van der Waals surface area contributed by atoms with Gasteiger partial charge < -0.3 is 4.74 Å². The highest BCUT2D eigenvalue weighted by molar-refractivity contribution is 5.86. The average Bonchev–Trinajstić information content (AvgIpc) is 2.61. The number of benzene rings is 2. The van der Waals surface area contributed by atoms with Crippen molar-refractivity contribution < 1.29 is 9.13 Å². The smallest absolute Gasteiger partial charge is 0.129 e. The van der Waals surface area contributed by atoms with Crippen molar-refractivity contribution in [2.75, 3.05) is 0 Å². The van der Waals surface area contributed by atoms with Crippen LogP contribution in [0.15, 0.2) is 61.2 Å². The molecule has 1 unspecified atom stereocenters. The summed E-state index contributed by atoms with van der Waals surface area (Å²) >= 11 is 0. The zero-order chi connectivity index (χ0) is 17.4. The molecule has 0 radical (unpaired) electrons. The second-order valence-corrected chi connectivity index (χ2v) is 6.31. The first kappa shape index (κ1) is 15.6. The van der Waals surface area contributed by atoms with Crippen molar-refractivity contribution >= 4 is 22.7 Å². The lowest BCUT2D eigenvalue weighted by molar-refractivity contribution is 0.169. The standard InChI is InChI=1S/C22H18FNO/c1-3-4-21-18-12-16-11-14(2)5-10-19(16)24-20(18)13-22(25-21)15-6-8-17(23)9-7-15/h3,5-13,21H,1,4H2,2H3. The summed E-state index contributed by atoms with van der Waals surface area (Å²) in [5.41, 5.74) is 4.96. The van der Waals surface area contributed by atoms with Gasteiger partial charge in [-0.15, -0.1) is 6.58 Å². The van der Waals surface area contributed by atoms with E-state index in [4.69, 9.17) is 9.72 Å². The summed E-state index contributed by atoms with van der Waals surface area (Å²) < 4.78 is 19.4. The van der Waals surface area contributed by atoms with E-state index >= 15 is 0 Å². The highest BCUT2D eigenvalue weighted by atomic mass is 19.1. The summed E-state index contributed by atoms with van der Waals surface area (Å²) in [6.45, 7) is 5.92. The van der Waals surface area contributed by atoms with E-state index in [1.165, 1.54) is 17.7 Å². The molecule has 25 heavy (non-hydrogen) atoms. The summed E-state index contributed by atoms with van der Waals surface area (Å²) in [6, 6.07) is 14.7. The molecule has 2 heterocycles. The van der Waals surface area contributed by atoms with Gasteiger partial charge in [0.1, 0.15) is 17.7 Å². The number of halogens is 1. The van der Waals surface area contributed by atoms with E-state index in [9.17, 15) is 4.39 Å². The molecule has 2 nitrogen and oxygen atoms in total. The molecule has 0 bridgehead atoms. The molecule has 2 aromatic carbocycles. The Labute approximate surface area is 146 Å². The Hall–Kier alpha value is -2.94. The van der Waals surface area contributed by atoms with Crippen LogP contribution in [-0.2, 0) is 4.74 Å². The second kappa shape index (κ2) is 6.17. The van der Waals surface area contributed by atoms with Gasteiger partial charge in [-0.2, -0.15) is 0 Å². The second-order valence-electron chi connectivity index (χ2n) is 6.31. The zero-order valence-corrected chi connectivity index (χ0v) is 14.0. The Kier molecular flexibility index (Phi) is 3.85. The molecule has 0 saturated carbocycles. The Morgan fingerprint density at radius 1 is 1.16 bits per heavy atom. The fourth-order valence-corrected chi connectivity index (χ4v) is 3.17. The van der Waals surface area contributed by atoms with Gasteiger partial charge in [0, 0.05) is 29.0 Å². The first-order valence-electron chi connectivity index (χ1n) is 8.30. The van der Waals surface area contributed by atoms with Crippen molar-refractivity contribution in [3.63, 3.8) is 0 Å². The largest absolute Gasteiger partial charge is 0.485 e. The summed E-state index contributed by atoms with van der Waals surface area (Å²) in [5.74, 6) is 0.445. The quantitative estimate of drug-likeness (QED) is 0.564. The first-order valence-corrected chi connectivity index (χ1v) is 8.30. The van der Waals surface area contributed by atoms with E-state index in [-0.39, 0.29) is 11.9 Å². The van der Waals surface area contributed by atoms with Crippen LogP contribution in [-0.4, -0.2) is 4.98 Å². The van der Waals surface area contributed by atoms with E-state index in [2.05, 4.69) is 31.7 Å². The maximum atomic E-state index is 13.2. The molecule has 0 saturated heterocycles. The number of aromatic nitrogens is 1. The van der Waals surface area contributed by atoms with Gasteiger partial charge in [0.05, 0.1) is 11.2 Å². The van der Waals surface area contributed by atoms with E-state index in [0.29, 0.717) is 12.2 Å². The van der Waals surface area contributed by atoms with Crippen LogP contribution in [0, 0.1) is 12.7 Å². The van der Waals surface area contributed by atoms with E-state index < -0.39 is 0 Å². The minimum Gasteiger partial charge on any atom is -0.485 e. The average molecular weight is 331 g/mol. The Morgan fingerprint density at radius 2 is 1.96 bits per heavy atom. The molecule has 3 aromatic rings. The maximum absolute atomic E-state index is 13.2. The Bertz CT molecular complexity index is 989. The molecule has 1 aliphatic heterocycles. The van der Waals surface area contributed by atoms with Crippen LogP contribution >= 0.6 is 0 Å². The predicted octanol–water partition coefficient (Wildman–Crippen LogP) is 5.83. The van der Waals surface area contributed by atoms with E-state index in [1.54, 1.807) is 12.1 Å². The van der Waals surface area contributed by atoms with E-state index in [1.807, 2.05) is 18.2 Å². The highest BCUT2D eigenvalue weighted by Crippen LogP contribution is 2.38. The molecule has 0 fully saturated rings. The summed E-state index contributed by atoms with van der Waals surface area (Å²) in [4.78, 5) is 4.82. The third-order valence-corrected chi connectivity index (χ3v) is 4.42. The van der Waals surface area contributed by atoms with Crippen molar-refractivity contribution in [1.29, 1.82) is 0 Å². The van der Waals surface area contributed by atoms with Crippen molar-refractivity contribution in [2.45, 2.75) is 19.4 Å². The summed E-state index contributed by atoms with van der Waals surface area (Å²) in [7, 11) is 0. The van der Waals surface area contributed by atoms with Crippen LogP contribution in [0.4, 0.5) is 4.39 Å². The molecule has 0 N–H and O–H groups in total. The van der Waals surface area contributed by atoms with Gasteiger partial charge in [-0.1, -0.05) is 17.7 Å². The number of nitrogens with zero attached hydrogens (tertiary/aromatic N) is 1. The minimum absolute atomic E-state index is 0.144. The molecule has 1 aromatic heterocycles. The maximum Gasteiger partial charge on any atom is 0.129 e. The third-order valence-electron chi connectivity index (χ3n) is 4.42. The van der Waals surface area contributed by atoms with Crippen LogP contribution < -0.4 is 0 Å². The summed E-state index contributed by atoms with van der Waals surface area (Å²) in [6.07, 6.45) is 4.32. The van der Waals surface area contributed by atoms with Gasteiger partial charge in [-0.05, 0) is 49.4 Å². The molecule has 124 valence electrons. The molecular weight excluding hydrogens is 313 g/mol. The van der Waals surface area contributed by atoms with Crippen LogP contribution in [0.2, 0.25) is 0 Å². The number of fused-ring (bicyclic) bond motifs is 2. The molecule has 1 atom stereocenters. The predicted molar refractivity (Wildman–Crippen MR) is 99.4 cm³/mol. The number of ether oxygens (including phenoxy) is 1. The lowest BCUT2D eigenvalue weighted by Gasteiger charge is -2.26. The van der Waals surface area contributed by atoms with Crippen molar-refractivity contribution in [1.82, 2.24) is 4.98 Å². The minimum atomic E-state index is -0.261. The van der Waals surface area contributed by atoms with Crippen LogP contribution in [0.3, 0.4) is 0 Å². The molecular formula is C22H18FNO. The van der Waals surface area contributed by atoms with Crippen LogP contribution in [0.25, 0.3) is 22.7 Å². The number of rotatable bonds is 3. The topological polar surface area (TPSA) is 22.1 Å². The molecule has 4 rings (SSSR count). The van der Waals surface area contributed by atoms with Gasteiger partial charge in [-0.25, -0.2) is 9.37 Å². The lowest BCUT2D eigenvalue weighted by Crippen LogP contribution is -2.11. The highest BCUT2D eigenvalue weighted by Gasteiger charge is 2.24. The van der Waals surface area contributed by atoms with Crippen molar-refractivity contribution in [2.24, 2.45) is 0 Å². The zero-order valence-electron chi connectivity index (χ0n) is 14.0. The Morgan fingerprint density at radius 3 is 2.72 bits per heavy atom. The number of hydrogen-bond donors (Lipinski definition) is 0. The fraction of sp³-hybridized carbons (Fsp3) is 0.136. The molecule has 3 heteroatoms. The molecule has 0 aliphatic carbocycles. The number of aryl methyl sites for hydroxylation is 1. The monoisotopic (exact) mass is 331 g/mol. The summed E-state index contributed by atoms with van der Waals surface area (Å²) in [5, 5.41) is 1.11. The van der Waals surface area contributed by atoms with E-state index in [0.717, 1.165) is 27.7 Å². The van der Waals surface area contributed by atoms with Gasteiger partial charge >= 0.3 is 0 Å². The van der Waals surface area contributed by atoms with Crippen LogP contribution in [0.1, 0.15) is 34.9 Å². The molecule has 1 aliphatic rings. The normalized spacial score (nSPS) is 16.1. The number of hydrogen-bond acceptors (Lipinski definition) is 2. The van der Waals surface area contributed by atoms with Gasteiger partial charge in [0.2, 0.25) is 0 Å². The van der Waals surface area contributed by atoms with Gasteiger partial charge in [0.25, 0.3) is 0 Å². The van der Waals surface area contributed by atoms with Crippen LogP contribution in [0.5, 0.6) is 0 Å². The van der Waals surface area contributed by atoms with Gasteiger partial charge in [-0.3, -0.25) is 0 Å². The number of pyridine rings is 1. The lowest BCUT2D eigenvalue weighted by atomic mass is 9.97. The van der Waals surface area contributed by atoms with Crippen molar-refractivity contribution in [3.05, 3.63) is 89.4 Å². The van der Waals surface area contributed by atoms with Crippen molar-refractivity contribution in [3.8, 4) is 0 Å². The SMILES string of the molecule is C=CCC1OC(c2ccc(F)cc2)=Cc2nc3ccc(C)cc3cc21. The van der Waals surface area contributed by atoms with Gasteiger partial charge in [0.15, 0.2) is 0 Å². The first-order chi connectivity index (χ1) is 12.1. The molecule has 0 amide bonds. The third kappa shape index (κ3) is 2.93. The fourth-order valence-electron chi connectivity index (χ4n) is 3.17. The Balaban J connectivity index is 1.87. The molecule has 0 spiro atoms.